The number of carbonyl (C=O) groups excluding carboxylic acids is 1. The fraction of sp³-hybridized carbons (Fsp3) is 0.348. The summed E-state index contributed by atoms with van der Waals surface area (Å²) < 4.78 is 1.51. The molecule has 1 aliphatic rings. The minimum absolute atomic E-state index is 0.0123. The Balaban J connectivity index is 1.56. The molecule has 168 valence electrons. The summed E-state index contributed by atoms with van der Waals surface area (Å²) in [6.45, 7) is 6.75. The predicted molar refractivity (Wildman–Crippen MR) is 118 cm³/mol. The number of phenols is 2. The fourth-order valence-electron chi connectivity index (χ4n) is 3.89. The lowest BCUT2D eigenvalue weighted by Crippen LogP contribution is -2.47. The molecule has 3 aromatic rings. The number of carbonyl (C=O) groups is 1. The molecule has 32 heavy (non-hydrogen) atoms. The van der Waals surface area contributed by atoms with Gasteiger partial charge in [0.25, 0.3) is 0 Å². The van der Waals surface area contributed by atoms with Gasteiger partial charge in [0.2, 0.25) is 5.91 Å². The van der Waals surface area contributed by atoms with Crippen molar-refractivity contribution in [2.24, 2.45) is 0 Å². The van der Waals surface area contributed by atoms with Crippen molar-refractivity contribution < 1.29 is 20.1 Å². The Bertz CT molecular complexity index is 1120. The van der Waals surface area contributed by atoms with Crippen LogP contribution >= 0.6 is 0 Å². The quantitative estimate of drug-likeness (QED) is 0.466. The SMILES string of the molecule is CC(C)c1cc(-c2nnc(O)n2Cc2ccc(CN3CCNC(=O)C3)cc2)c(O)cc1O. The van der Waals surface area contributed by atoms with Crippen LogP contribution in [0.4, 0.5) is 0 Å². The number of amides is 1. The van der Waals surface area contributed by atoms with Gasteiger partial charge in [0.05, 0.1) is 18.7 Å². The standard InChI is InChI=1S/C23H27N5O4/c1-14(2)17-9-18(20(30)10-19(17)29)22-25-26-23(32)28(22)12-16-5-3-15(4-6-16)11-27-8-7-24-21(31)13-27/h3-6,9-10,14,29-30H,7-8,11-13H2,1-2H3,(H,24,31)(H,26,32). The normalized spacial score (nSPS) is 14.7. The summed E-state index contributed by atoms with van der Waals surface area (Å²) in [5.41, 5.74) is 3.07. The van der Waals surface area contributed by atoms with E-state index in [9.17, 15) is 20.1 Å². The molecule has 0 radical (unpaired) electrons. The molecule has 0 atom stereocenters. The minimum Gasteiger partial charge on any atom is -0.508 e. The number of benzene rings is 2. The smallest absolute Gasteiger partial charge is 0.315 e. The monoisotopic (exact) mass is 437 g/mol. The van der Waals surface area contributed by atoms with Crippen LogP contribution in [0.5, 0.6) is 17.5 Å². The van der Waals surface area contributed by atoms with Crippen molar-refractivity contribution in [3.8, 4) is 28.9 Å². The third-order valence-electron chi connectivity index (χ3n) is 5.63. The number of hydrogen-bond acceptors (Lipinski definition) is 7. The fourth-order valence-corrected chi connectivity index (χ4v) is 3.89. The van der Waals surface area contributed by atoms with Gasteiger partial charge < -0.3 is 20.6 Å². The molecule has 0 unspecified atom stereocenters. The van der Waals surface area contributed by atoms with Gasteiger partial charge >= 0.3 is 6.01 Å². The zero-order valence-electron chi connectivity index (χ0n) is 18.1. The first kappa shape index (κ1) is 21.6. The van der Waals surface area contributed by atoms with Crippen LogP contribution in [0.3, 0.4) is 0 Å². The third-order valence-corrected chi connectivity index (χ3v) is 5.63. The predicted octanol–water partition coefficient (Wildman–Crippen LogP) is 2.17. The molecule has 0 saturated carbocycles. The summed E-state index contributed by atoms with van der Waals surface area (Å²) in [6.07, 6.45) is 0. The minimum atomic E-state index is -0.262. The van der Waals surface area contributed by atoms with Crippen LogP contribution in [0.1, 0.15) is 36.5 Å². The highest BCUT2D eigenvalue weighted by Gasteiger charge is 2.20. The Labute approximate surface area is 186 Å². The number of rotatable bonds is 6. The van der Waals surface area contributed by atoms with Crippen LogP contribution < -0.4 is 5.32 Å². The van der Waals surface area contributed by atoms with Crippen molar-refractivity contribution in [1.29, 1.82) is 0 Å². The largest absolute Gasteiger partial charge is 0.508 e. The molecule has 1 fully saturated rings. The number of nitrogens with zero attached hydrogens (tertiary/aromatic N) is 4. The second-order valence-electron chi connectivity index (χ2n) is 8.37. The molecule has 0 spiro atoms. The second kappa shape index (κ2) is 8.88. The van der Waals surface area contributed by atoms with Crippen molar-refractivity contribution in [2.75, 3.05) is 19.6 Å². The molecule has 2 heterocycles. The van der Waals surface area contributed by atoms with Crippen molar-refractivity contribution in [2.45, 2.75) is 32.9 Å². The van der Waals surface area contributed by atoms with Gasteiger partial charge in [0.1, 0.15) is 11.5 Å². The van der Waals surface area contributed by atoms with E-state index in [1.807, 2.05) is 38.1 Å². The lowest BCUT2D eigenvalue weighted by Gasteiger charge is -2.26. The van der Waals surface area contributed by atoms with Crippen molar-refractivity contribution >= 4 is 5.91 Å². The molecule has 1 aromatic heterocycles. The summed E-state index contributed by atoms with van der Waals surface area (Å²) in [7, 11) is 0. The van der Waals surface area contributed by atoms with Gasteiger partial charge in [-0.2, -0.15) is 0 Å². The van der Waals surface area contributed by atoms with E-state index in [1.54, 1.807) is 6.07 Å². The first-order valence-electron chi connectivity index (χ1n) is 10.6. The number of phenolic OH excluding ortho intramolecular Hbond substituents is 2. The molecular formula is C23H27N5O4. The Morgan fingerprint density at radius 2 is 1.69 bits per heavy atom. The second-order valence-corrected chi connectivity index (χ2v) is 8.37. The van der Waals surface area contributed by atoms with Gasteiger partial charge in [-0.25, -0.2) is 0 Å². The zero-order chi connectivity index (χ0) is 22.8. The van der Waals surface area contributed by atoms with E-state index in [0.717, 1.165) is 17.7 Å². The maximum atomic E-state index is 11.6. The number of piperazine rings is 1. The highest BCUT2D eigenvalue weighted by atomic mass is 16.3. The molecule has 1 amide bonds. The first-order valence-corrected chi connectivity index (χ1v) is 10.6. The number of aromatic hydroxyl groups is 3. The summed E-state index contributed by atoms with van der Waals surface area (Å²) >= 11 is 0. The van der Waals surface area contributed by atoms with Gasteiger partial charge in [-0.05, 0) is 28.7 Å². The summed E-state index contributed by atoms with van der Waals surface area (Å²) in [6, 6.07) is 10.6. The summed E-state index contributed by atoms with van der Waals surface area (Å²) in [4.78, 5) is 13.6. The number of nitrogens with one attached hydrogen (secondary N) is 1. The average Bonchev–Trinajstić information content (AvgIpc) is 3.09. The Kier molecular flexibility index (Phi) is 6.00. The topological polar surface area (TPSA) is 124 Å². The van der Waals surface area contributed by atoms with Crippen LogP contribution in [-0.4, -0.2) is 60.5 Å². The molecule has 9 heteroatoms. The average molecular weight is 438 g/mol. The van der Waals surface area contributed by atoms with E-state index in [4.69, 9.17) is 0 Å². The van der Waals surface area contributed by atoms with E-state index in [1.165, 1.54) is 10.6 Å². The Morgan fingerprint density at radius 1 is 1.00 bits per heavy atom. The zero-order valence-corrected chi connectivity index (χ0v) is 18.1. The van der Waals surface area contributed by atoms with E-state index in [0.29, 0.717) is 43.1 Å². The summed E-state index contributed by atoms with van der Waals surface area (Å²) in [5.74, 6) is 0.268. The molecule has 0 bridgehead atoms. The van der Waals surface area contributed by atoms with Gasteiger partial charge in [-0.3, -0.25) is 14.3 Å². The highest BCUT2D eigenvalue weighted by Crippen LogP contribution is 2.38. The molecule has 4 rings (SSSR count). The molecule has 2 aromatic carbocycles. The van der Waals surface area contributed by atoms with Crippen molar-refractivity contribution in [3.05, 3.63) is 53.1 Å². The van der Waals surface area contributed by atoms with Crippen LogP contribution in [-0.2, 0) is 17.9 Å². The molecule has 1 aliphatic heterocycles. The highest BCUT2D eigenvalue weighted by molar-refractivity contribution is 5.78. The van der Waals surface area contributed by atoms with Gasteiger partial charge in [-0.1, -0.05) is 43.2 Å². The summed E-state index contributed by atoms with van der Waals surface area (Å²) in [5, 5.41) is 41.5. The van der Waals surface area contributed by atoms with E-state index in [2.05, 4.69) is 20.4 Å². The van der Waals surface area contributed by atoms with E-state index >= 15 is 0 Å². The maximum absolute atomic E-state index is 11.6. The lowest BCUT2D eigenvalue weighted by atomic mass is 9.98. The van der Waals surface area contributed by atoms with Crippen LogP contribution in [0.2, 0.25) is 0 Å². The molecule has 0 aliphatic carbocycles. The van der Waals surface area contributed by atoms with Crippen LogP contribution in [0.25, 0.3) is 11.4 Å². The molecular weight excluding hydrogens is 410 g/mol. The van der Waals surface area contributed by atoms with Gasteiger partial charge in [0.15, 0.2) is 5.82 Å². The van der Waals surface area contributed by atoms with Crippen LogP contribution in [0, 0.1) is 0 Å². The third kappa shape index (κ3) is 4.52. The molecule has 9 nitrogen and oxygen atoms in total. The number of hydrogen-bond donors (Lipinski definition) is 4. The molecule has 4 N–H and O–H groups in total. The first-order chi connectivity index (χ1) is 15.3. The van der Waals surface area contributed by atoms with E-state index < -0.39 is 0 Å². The Hall–Kier alpha value is -3.59. The van der Waals surface area contributed by atoms with Crippen molar-refractivity contribution in [1.82, 2.24) is 25.0 Å². The van der Waals surface area contributed by atoms with Gasteiger partial charge in [-0.15, -0.1) is 5.10 Å². The maximum Gasteiger partial charge on any atom is 0.315 e. The Morgan fingerprint density at radius 3 is 2.34 bits per heavy atom. The van der Waals surface area contributed by atoms with Gasteiger partial charge in [0, 0.05) is 25.7 Å². The van der Waals surface area contributed by atoms with E-state index in [-0.39, 0.29) is 29.3 Å². The van der Waals surface area contributed by atoms with Crippen molar-refractivity contribution in [3.63, 3.8) is 0 Å². The van der Waals surface area contributed by atoms with Crippen LogP contribution in [0.15, 0.2) is 36.4 Å². The number of aromatic nitrogens is 3. The molecule has 1 saturated heterocycles. The lowest BCUT2D eigenvalue weighted by molar-refractivity contribution is -0.124.